The third-order valence-electron chi connectivity index (χ3n) is 0.376. The van der Waals surface area contributed by atoms with E-state index in [4.69, 9.17) is 97.9 Å². The summed E-state index contributed by atoms with van der Waals surface area (Å²) in [6.07, 6.45) is 0.234. The molecule has 0 unspecified atom stereocenters. The summed E-state index contributed by atoms with van der Waals surface area (Å²) < 4.78 is -3.89. The summed E-state index contributed by atoms with van der Waals surface area (Å²) >= 11 is 38.6. The molecule has 0 aliphatic heterocycles. The van der Waals surface area contributed by atoms with Gasteiger partial charge in [-0.15, -0.1) is 23.2 Å². The van der Waals surface area contributed by atoms with E-state index in [9.17, 15) is 9.59 Å². The van der Waals surface area contributed by atoms with Crippen molar-refractivity contribution in [3.05, 3.63) is 0 Å². The minimum absolute atomic E-state index is 0. The highest BCUT2D eigenvalue weighted by molar-refractivity contribution is 6.75. The van der Waals surface area contributed by atoms with Crippen molar-refractivity contribution < 1.29 is 20.2 Å². The Bertz CT molecular complexity index is 197. The van der Waals surface area contributed by atoms with Crippen LogP contribution in [0.5, 0.6) is 0 Å². The normalized spacial score (nSPS) is 9.65. The smallest absolute Gasteiger partial charge is 0.356 e. The number of aliphatic carboxylic acids is 1. The summed E-state index contributed by atoms with van der Waals surface area (Å²) in [6, 6.07) is 0. The van der Waals surface area contributed by atoms with Crippen molar-refractivity contribution >= 4 is 105 Å². The second kappa shape index (κ2) is 13.8. The molecular weight excluding hydrogens is 408 g/mol. The first kappa shape index (κ1) is 26.9. The fourth-order valence-electron chi connectivity index (χ4n) is 0. The van der Waals surface area contributed by atoms with Crippen LogP contribution in [0.4, 0.5) is 0 Å². The standard InChI is InChI=1S/C2HCl3O2.C2HCl3O.CH2Cl2.H2O/c3-2(4,5)1(6)7;3-2(4,5)1-6;2-1-3;/h(H,6,7);1H;1H2;1H2. The minimum atomic E-state index is -2.17. The van der Waals surface area contributed by atoms with E-state index in [1.54, 1.807) is 0 Å². The average molecular weight is 414 g/mol. The van der Waals surface area contributed by atoms with Crippen LogP contribution in [0.3, 0.4) is 0 Å². The van der Waals surface area contributed by atoms with Crippen LogP contribution in [0, 0.1) is 0 Å². The lowest BCUT2D eigenvalue weighted by Gasteiger charge is -1.99. The molecule has 0 spiro atoms. The van der Waals surface area contributed by atoms with Crippen LogP contribution in [-0.2, 0) is 9.59 Å². The summed E-state index contributed by atoms with van der Waals surface area (Å²) in [7, 11) is 0. The number of alkyl halides is 8. The number of rotatable bonds is 0. The fraction of sp³-hybridized carbons (Fsp3) is 0.600. The van der Waals surface area contributed by atoms with Gasteiger partial charge in [-0.2, -0.15) is 0 Å². The van der Waals surface area contributed by atoms with Gasteiger partial charge in [-0.05, 0) is 0 Å². The van der Waals surface area contributed by atoms with Crippen LogP contribution < -0.4 is 0 Å². The van der Waals surface area contributed by atoms with E-state index < -0.39 is 13.6 Å². The SMILES string of the molecule is ClCCl.O.O=C(O)C(Cl)(Cl)Cl.O=CC(Cl)(Cl)Cl. The summed E-state index contributed by atoms with van der Waals surface area (Å²) in [5.41, 5.74) is 0. The number of hydrogen-bond acceptors (Lipinski definition) is 2. The van der Waals surface area contributed by atoms with Crippen LogP contribution in [0.2, 0.25) is 0 Å². The maximum Gasteiger partial charge on any atom is 0.356 e. The first-order valence-corrected chi connectivity index (χ1v) is 6.21. The van der Waals surface area contributed by atoms with Gasteiger partial charge in [-0.1, -0.05) is 69.6 Å². The summed E-state index contributed by atoms with van der Waals surface area (Å²) in [5, 5.41) is 8.05. The molecule has 0 aromatic carbocycles. The molecule has 0 aromatic rings. The Morgan fingerprint density at radius 3 is 1.18 bits per heavy atom. The lowest BCUT2D eigenvalue weighted by molar-refractivity contribution is -0.135. The monoisotopic (exact) mass is 410 g/mol. The van der Waals surface area contributed by atoms with E-state index in [0.29, 0.717) is 0 Å². The highest BCUT2D eigenvalue weighted by atomic mass is 35.6. The predicted octanol–water partition coefficient (Wildman–Crippen LogP) is 3.59. The highest BCUT2D eigenvalue weighted by Gasteiger charge is 2.29. The van der Waals surface area contributed by atoms with Crippen LogP contribution in [-0.4, -0.2) is 35.8 Å². The van der Waals surface area contributed by atoms with E-state index in [1.807, 2.05) is 0 Å². The Morgan fingerprint density at radius 2 is 1.18 bits per heavy atom. The minimum Gasteiger partial charge on any atom is -0.478 e. The van der Waals surface area contributed by atoms with Crippen molar-refractivity contribution in [3.8, 4) is 0 Å². The molecule has 0 fully saturated rings. The van der Waals surface area contributed by atoms with E-state index in [1.165, 1.54) is 0 Å². The second-order valence-electron chi connectivity index (χ2n) is 1.56. The topological polar surface area (TPSA) is 85.9 Å². The molecule has 0 aromatic heterocycles. The van der Waals surface area contributed by atoms with Gasteiger partial charge < -0.3 is 10.6 Å². The Labute approximate surface area is 137 Å². The lowest BCUT2D eigenvalue weighted by Crippen LogP contribution is -2.16. The van der Waals surface area contributed by atoms with Crippen molar-refractivity contribution in [3.63, 3.8) is 0 Å². The number of hydrogen-bond donors (Lipinski definition) is 1. The Morgan fingerprint density at radius 1 is 1.06 bits per heavy atom. The Balaban J connectivity index is -0.0000000778. The summed E-state index contributed by atoms with van der Waals surface area (Å²) in [6.45, 7) is 0. The number of carboxylic acids is 1. The van der Waals surface area contributed by atoms with Crippen LogP contribution in [0.1, 0.15) is 0 Å². The molecule has 17 heavy (non-hydrogen) atoms. The molecule has 0 aliphatic rings. The zero-order valence-electron chi connectivity index (χ0n) is 7.57. The third-order valence-corrected chi connectivity index (χ3v) is 1.13. The zero-order chi connectivity index (χ0) is 14.0. The summed E-state index contributed by atoms with van der Waals surface area (Å²) in [5.74, 6) is -1.46. The van der Waals surface area contributed by atoms with E-state index in [0.717, 1.165) is 0 Å². The molecule has 0 heterocycles. The van der Waals surface area contributed by atoms with Crippen molar-refractivity contribution in [1.82, 2.24) is 0 Å². The molecule has 0 radical (unpaired) electrons. The van der Waals surface area contributed by atoms with Crippen LogP contribution in [0.25, 0.3) is 0 Å². The van der Waals surface area contributed by atoms with Gasteiger partial charge in [0.25, 0.3) is 3.79 Å². The van der Waals surface area contributed by atoms with Gasteiger partial charge in [-0.25, -0.2) is 4.79 Å². The molecule has 0 saturated heterocycles. The molecule has 0 amide bonds. The van der Waals surface area contributed by atoms with Crippen LogP contribution in [0.15, 0.2) is 0 Å². The van der Waals surface area contributed by atoms with E-state index >= 15 is 0 Å². The van der Waals surface area contributed by atoms with Crippen molar-refractivity contribution in [2.24, 2.45) is 0 Å². The maximum atomic E-state index is 9.62. The lowest BCUT2D eigenvalue weighted by atomic mass is 10.8. The molecule has 0 bridgehead atoms. The van der Waals surface area contributed by atoms with Gasteiger partial charge in [0, 0.05) is 0 Å². The Hall–Kier alpha value is 1.42. The van der Waals surface area contributed by atoms with Gasteiger partial charge >= 0.3 is 5.97 Å². The van der Waals surface area contributed by atoms with E-state index in [-0.39, 0.29) is 17.1 Å². The maximum absolute atomic E-state index is 9.62. The number of halogens is 8. The number of carbonyl (C=O) groups excluding carboxylic acids is 1. The van der Waals surface area contributed by atoms with Crippen molar-refractivity contribution in [1.29, 1.82) is 0 Å². The van der Waals surface area contributed by atoms with Gasteiger partial charge in [0.2, 0.25) is 3.79 Å². The Kier molecular flexibility index (Phi) is 21.9. The fourth-order valence-corrected chi connectivity index (χ4v) is 0. The predicted molar refractivity (Wildman–Crippen MR) is 74.5 cm³/mol. The number of carbonyl (C=O) groups is 2. The molecule has 3 N–H and O–H groups in total. The first-order chi connectivity index (χ1) is 6.92. The molecular formula is C5H6Cl8O4. The first-order valence-electron chi connectivity index (χ1n) is 2.87. The zero-order valence-corrected chi connectivity index (χ0v) is 13.6. The molecule has 0 atom stereocenters. The molecule has 4 nitrogen and oxygen atoms in total. The quantitative estimate of drug-likeness (QED) is 0.486. The van der Waals surface area contributed by atoms with Gasteiger partial charge in [-0.3, -0.25) is 4.79 Å². The highest BCUT2D eigenvalue weighted by Crippen LogP contribution is 2.25. The van der Waals surface area contributed by atoms with Crippen LogP contribution >= 0.6 is 92.8 Å². The molecule has 12 heteroatoms. The largest absolute Gasteiger partial charge is 0.478 e. The second-order valence-corrected chi connectivity index (χ2v) is 7.02. The molecule has 106 valence electrons. The van der Waals surface area contributed by atoms with E-state index in [2.05, 4.69) is 0 Å². The number of aldehydes is 1. The van der Waals surface area contributed by atoms with Gasteiger partial charge in [0.1, 0.15) is 0 Å². The third kappa shape index (κ3) is 38.1. The van der Waals surface area contributed by atoms with Crippen molar-refractivity contribution in [2.45, 2.75) is 7.59 Å². The molecule has 0 saturated carbocycles. The van der Waals surface area contributed by atoms with Crippen molar-refractivity contribution in [2.75, 3.05) is 5.34 Å². The summed E-state index contributed by atoms with van der Waals surface area (Å²) in [4.78, 5) is 19.1. The molecule has 0 aliphatic carbocycles. The van der Waals surface area contributed by atoms with Gasteiger partial charge in [0.05, 0.1) is 5.34 Å². The van der Waals surface area contributed by atoms with Gasteiger partial charge in [0.15, 0.2) is 6.29 Å². The number of carboxylic acid groups (broad SMARTS) is 1. The average Bonchev–Trinajstić information content (AvgIpc) is 2.03. The molecule has 0 rings (SSSR count).